The first-order chi connectivity index (χ1) is 8.09. The lowest BCUT2D eigenvalue weighted by atomic mass is 10.1. The van der Waals surface area contributed by atoms with Crippen molar-refractivity contribution in [3.05, 3.63) is 32.7 Å². The third-order valence-corrected chi connectivity index (χ3v) is 2.86. The van der Waals surface area contributed by atoms with E-state index in [0.29, 0.717) is 0 Å². The van der Waals surface area contributed by atoms with Gasteiger partial charge in [0.2, 0.25) is 0 Å². The molecule has 2 heterocycles. The SMILES string of the molecule is Cn1c(=O)c(N)cn(/C=C2\CCCCN2)c1=O. The van der Waals surface area contributed by atoms with E-state index in [9.17, 15) is 9.59 Å². The number of hydrogen-bond acceptors (Lipinski definition) is 4. The van der Waals surface area contributed by atoms with Crippen LogP contribution in [0.25, 0.3) is 6.20 Å². The van der Waals surface area contributed by atoms with Crippen molar-refractivity contribution >= 4 is 11.9 Å². The number of hydrogen-bond donors (Lipinski definition) is 2. The molecule has 0 aromatic carbocycles. The minimum atomic E-state index is -0.457. The summed E-state index contributed by atoms with van der Waals surface area (Å²) in [7, 11) is 1.42. The summed E-state index contributed by atoms with van der Waals surface area (Å²) in [5.74, 6) is 0. The van der Waals surface area contributed by atoms with Crippen LogP contribution in [-0.2, 0) is 7.05 Å². The number of aromatic nitrogens is 2. The quantitative estimate of drug-likeness (QED) is 0.701. The third-order valence-electron chi connectivity index (χ3n) is 2.86. The molecule has 1 fully saturated rings. The molecule has 0 atom stereocenters. The van der Waals surface area contributed by atoms with E-state index >= 15 is 0 Å². The molecule has 0 bridgehead atoms. The molecule has 2 rings (SSSR count). The molecule has 3 N–H and O–H groups in total. The zero-order chi connectivity index (χ0) is 12.4. The summed E-state index contributed by atoms with van der Waals surface area (Å²) in [6, 6.07) is 0. The molecule has 1 aromatic heterocycles. The highest BCUT2D eigenvalue weighted by Crippen LogP contribution is 2.10. The van der Waals surface area contributed by atoms with Gasteiger partial charge in [0.25, 0.3) is 5.56 Å². The lowest BCUT2D eigenvalue weighted by Gasteiger charge is -2.17. The number of nitrogens with one attached hydrogen (secondary N) is 1. The number of nitrogens with two attached hydrogens (primary N) is 1. The fourth-order valence-electron chi connectivity index (χ4n) is 1.86. The van der Waals surface area contributed by atoms with Gasteiger partial charge in [0.15, 0.2) is 0 Å². The summed E-state index contributed by atoms with van der Waals surface area (Å²) in [6.07, 6.45) is 6.23. The molecule has 17 heavy (non-hydrogen) atoms. The smallest absolute Gasteiger partial charge is 0.334 e. The monoisotopic (exact) mass is 236 g/mol. The Kier molecular flexibility index (Phi) is 3.03. The van der Waals surface area contributed by atoms with Crippen LogP contribution in [0.4, 0.5) is 5.69 Å². The Morgan fingerprint density at radius 1 is 1.41 bits per heavy atom. The second-order valence-electron chi connectivity index (χ2n) is 4.18. The average Bonchev–Trinajstić information content (AvgIpc) is 2.35. The molecule has 0 spiro atoms. The Hall–Kier alpha value is -1.98. The minimum Gasteiger partial charge on any atom is -0.393 e. The van der Waals surface area contributed by atoms with Crippen molar-refractivity contribution < 1.29 is 0 Å². The predicted octanol–water partition coefficient (Wildman–Crippen LogP) is -0.299. The van der Waals surface area contributed by atoms with Crippen LogP contribution in [0.5, 0.6) is 0 Å². The molecule has 0 amide bonds. The standard InChI is InChI=1S/C11H16N4O2/c1-14-10(16)9(12)7-15(11(14)17)6-8-4-2-3-5-13-8/h6-7,13H,2-5,12H2,1H3/b8-6+. The van der Waals surface area contributed by atoms with Gasteiger partial charge in [0, 0.05) is 31.7 Å². The largest absolute Gasteiger partial charge is 0.393 e. The maximum absolute atomic E-state index is 11.8. The van der Waals surface area contributed by atoms with E-state index in [2.05, 4.69) is 5.32 Å². The first-order valence-corrected chi connectivity index (χ1v) is 5.62. The van der Waals surface area contributed by atoms with E-state index in [-0.39, 0.29) is 11.4 Å². The highest BCUT2D eigenvalue weighted by atomic mass is 16.2. The Morgan fingerprint density at radius 2 is 2.18 bits per heavy atom. The Balaban J connectivity index is 2.46. The van der Waals surface area contributed by atoms with Gasteiger partial charge >= 0.3 is 5.69 Å². The minimum absolute atomic E-state index is 0.0692. The van der Waals surface area contributed by atoms with Gasteiger partial charge in [-0.05, 0) is 19.3 Å². The van der Waals surface area contributed by atoms with Crippen LogP contribution in [0.15, 0.2) is 21.5 Å². The normalized spacial score (nSPS) is 18.1. The van der Waals surface area contributed by atoms with Crippen LogP contribution in [0, 0.1) is 0 Å². The van der Waals surface area contributed by atoms with E-state index in [4.69, 9.17) is 5.73 Å². The van der Waals surface area contributed by atoms with Crippen molar-refractivity contribution in [3.63, 3.8) is 0 Å². The second-order valence-corrected chi connectivity index (χ2v) is 4.18. The van der Waals surface area contributed by atoms with Gasteiger partial charge in [-0.3, -0.25) is 13.9 Å². The van der Waals surface area contributed by atoms with Crippen LogP contribution >= 0.6 is 0 Å². The van der Waals surface area contributed by atoms with Gasteiger partial charge in [-0.25, -0.2) is 4.79 Å². The highest BCUT2D eigenvalue weighted by Gasteiger charge is 2.07. The average molecular weight is 236 g/mol. The van der Waals surface area contributed by atoms with Crippen molar-refractivity contribution in [3.8, 4) is 0 Å². The molecule has 0 saturated carbocycles. The number of allylic oxidation sites excluding steroid dienone is 1. The lowest BCUT2D eigenvalue weighted by Crippen LogP contribution is -2.37. The molecule has 0 unspecified atom stereocenters. The third kappa shape index (κ3) is 2.25. The van der Waals surface area contributed by atoms with E-state index in [1.807, 2.05) is 0 Å². The number of nitrogens with zero attached hydrogens (tertiary/aromatic N) is 2. The van der Waals surface area contributed by atoms with Crippen LogP contribution in [0.2, 0.25) is 0 Å². The van der Waals surface area contributed by atoms with E-state index in [1.165, 1.54) is 17.8 Å². The van der Waals surface area contributed by atoms with Gasteiger partial charge < -0.3 is 11.1 Å². The van der Waals surface area contributed by atoms with Crippen LogP contribution < -0.4 is 22.3 Å². The van der Waals surface area contributed by atoms with Crippen LogP contribution in [0.1, 0.15) is 19.3 Å². The molecule has 1 aliphatic rings. The molecule has 92 valence electrons. The second kappa shape index (κ2) is 4.48. The molecular weight excluding hydrogens is 220 g/mol. The Morgan fingerprint density at radius 3 is 2.82 bits per heavy atom. The van der Waals surface area contributed by atoms with Crippen molar-refractivity contribution in [2.24, 2.45) is 7.05 Å². The van der Waals surface area contributed by atoms with Gasteiger partial charge in [-0.2, -0.15) is 0 Å². The fourth-order valence-corrected chi connectivity index (χ4v) is 1.86. The maximum Gasteiger partial charge on any atom is 0.334 e. The number of rotatable bonds is 1. The summed E-state index contributed by atoms with van der Waals surface area (Å²) in [5.41, 5.74) is 5.78. The molecule has 0 radical (unpaired) electrons. The first kappa shape index (κ1) is 11.5. The van der Waals surface area contributed by atoms with Crippen LogP contribution in [-0.4, -0.2) is 15.7 Å². The number of nitrogen functional groups attached to an aromatic ring is 1. The molecule has 1 saturated heterocycles. The molecular formula is C11H16N4O2. The van der Waals surface area contributed by atoms with Gasteiger partial charge in [-0.15, -0.1) is 0 Å². The summed E-state index contributed by atoms with van der Waals surface area (Å²) >= 11 is 0. The fraction of sp³-hybridized carbons (Fsp3) is 0.455. The van der Waals surface area contributed by atoms with Crippen molar-refractivity contribution in [1.82, 2.24) is 14.5 Å². The number of piperidine rings is 1. The van der Waals surface area contributed by atoms with Crippen molar-refractivity contribution in [2.75, 3.05) is 12.3 Å². The van der Waals surface area contributed by atoms with Gasteiger partial charge in [0.1, 0.15) is 5.69 Å². The first-order valence-electron chi connectivity index (χ1n) is 5.62. The van der Waals surface area contributed by atoms with Gasteiger partial charge in [-0.1, -0.05) is 0 Å². The van der Waals surface area contributed by atoms with Gasteiger partial charge in [0.05, 0.1) is 0 Å². The Bertz CT molecular complexity index is 560. The van der Waals surface area contributed by atoms with E-state index in [0.717, 1.165) is 36.1 Å². The molecule has 1 aliphatic heterocycles. The summed E-state index contributed by atoms with van der Waals surface area (Å²) in [5, 5.41) is 3.22. The topological polar surface area (TPSA) is 82.0 Å². The number of anilines is 1. The highest BCUT2D eigenvalue weighted by molar-refractivity contribution is 5.37. The molecule has 6 heteroatoms. The molecule has 6 nitrogen and oxygen atoms in total. The van der Waals surface area contributed by atoms with E-state index in [1.54, 1.807) is 6.20 Å². The lowest BCUT2D eigenvalue weighted by molar-refractivity contribution is 0.588. The van der Waals surface area contributed by atoms with Crippen molar-refractivity contribution in [2.45, 2.75) is 19.3 Å². The zero-order valence-electron chi connectivity index (χ0n) is 9.77. The Labute approximate surface area is 98.4 Å². The molecule has 0 aliphatic carbocycles. The maximum atomic E-state index is 11.8. The zero-order valence-corrected chi connectivity index (χ0v) is 9.77. The van der Waals surface area contributed by atoms with Crippen LogP contribution in [0.3, 0.4) is 0 Å². The van der Waals surface area contributed by atoms with Crippen molar-refractivity contribution in [1.29, 1.82) is 0 Å². The summed E-state index contributed by atoms with van der Waals surface area (Å²) in [6.45, 7) is 0.918. The summed E-state index contributed by atoms with van der Waals surface area (Å²) in [4.78, 5) is 23.2. The van der Waals surface area contributed by atoms with E-state index < -0.39 is 5.56 Å². The summed E-state index contributed by atoms with van der Waals surface area (Å²) < 4.78 is 2.36. The predicted molar refractivity (Wildman–Crippen MR) is 66.5 cm³/mol. The molecule has 1 aromatic rings.